The van der Waals surface area contributed by atoms with Crippen LogP contribution in [0.15, 0.2) is 72.9 Å². The Bertz CT molecular complexity index is 1190. The lowest BCUT2D eigenvalue weighted by Crippen LogP contribution is -2.32. The largest absolute Gasteiger partial charge is 0.306 e. The minimum atomic E-state index is -0.00810. The number of anilines is 1. The summed E-state index contributed by atoms with van der Waals surface area (Å²) in [7, 11) is 0. The van der Waals surface area contributed by atoms with Crippen LogP contribution in [0.5, 0.6) is 0 Å². The van der Waals surface area contributed by atoms with Crippen LogP contribution < -0.4 is 4.90 Å². The fraction of sp³-hybridized carbons (Fsp3) is 0.160. The summed E-state index contributed by atoms with van der Waals surface area (Å²) in [5, 5.41) is 1.71. The smallest absolute Gasteiger partial charge is 0.231 e. The van der Waals surface area contributed by atoms with Crippen LogP contribution in [0.1, 0.15) is 22.5 Å². The van der Waals surface area contributed by atoms with Crippen LogP contribution in [0.3, 0.4) is 0 Å². The average molecular weight is 416 g/mol. The molecule has 1 amide bonds. The number of hydrogen-bond acceptors (Lipinski definition) is 3. The van der Waals surface area contributed by atoms with E-state index in [1.54, 1.807) is 23.2 Å². The van der Waals surface area contributed by atoms with Crippen molar-refractivity contribution in [2.24, 2.45) is 0 Å². The molecule has 0 aliphatic carbocycles. The van der Waals surface area contributed by atoms with Gasteiger partial charge in [0.15, 0.2) is 0 Å². The minimum absolute atomic E-state index is 0.00810. The molecule has 4 rings (SSSR count). The van der Waals surface area contributed by atoms with Crippen LogP contribution in [-0.4, -0.2) is 15.9 Å². The number of benzene rings is 2. The number of aromatic nitrogens is 2. The number of pyridine rings is 2. The molecule has 0 aliphatic heterocycles. The molecule has 2 aromatic carbocycles. The molecule has 0 N–H and O–H groups in total. The van der Waals surface area contributed by atoms with Crippen molar-refractivity contribution in [2.75, 3.05) is 4.90 Å². The maximum Gasteiger partial charge on any atom is 0.231 e. The Morgan fingerprint density at radius 2 is 1.70 bits per heavy atom. The Morgan fingerprint density at radius 1 is 0.967 bits per heavy atom. The number of nitrogens with zero attached hydrogens (tertiary/aromatic N) is 3. The Hall–Kier alpha value is -3.24. The highest BCUT2D eigenvalue weighted by molar-refractivity contribution is 6.30. The summed E-state index contributed by atoms with van der Waals surface area (Å²) in [6, 6.07) is 21.1. The van der Waals surface area contributed by atoms with Crippen molar-refractivity contribution in [1.82, 2.24) is 9.97 Å². The number of rotatable bonds is 5. The van der Waals surface area contributed by atoms with Gasteiger partial charge in [0.05, 0.1) is 24.2 Å². The normalized spacial score (nSPS) is 10.9. The third-order valence-corrected chi connectivity index (χ3v) is 5.55. The molecule has 5 heteroatoms. The molecule has 30 heavy (non-hydrogen) atoms. The first kappa shape index (κ1) is 20.0. The molecular formula is C25H22ClN3O. The van der Waals surface area contributed by atoms with Crippen LogP contribution in [0.2, 0.25) is 5.02 Å². The van der Waals surface area contributed by atoms with Gasteiger partial charge in [-0.2, -0.15) is 0 Å². The second kappa shape index (κ2) is 8.64. The third-order valence-electron chi connectivity index (χ3n) is 5.30. The number of hydrogen-bond donors (Lipinski definition) is 0. The number of para-hydroxylation sites is 1. The van der Waals surface area contributed by atoms with E-state index in [0.29, 0.717) is 11.6 Å². The van der Waals surface area contributed by atoms with Crippen molar-refractivity contribution < 1.29 is 4.79 Å². The molecular weight excluding hydrogens is 394 g/mol. The number of halogens is 1. The van der Waals surface area contributed by atoms with Crippen LogP contribution in [0.4, 0.5) is 5.69 Å². The van der Waals surface area contributed by atoms with Crippen LogP contribution in [0, 0.1) is 13.8 Å². The van der Waals surface area contributed by atoms with Crippen LogP contribution in [-0.2, 0) is 17.8 Å². The molecule has 0 radical (unpaired) electrons. The monoisotopic (exact) mass is 415 g/mol. The van der Waals surface area contributed by atoms with E-state index in [2.05, 4.69) is 18.0 Å². The highest BCUT2D eigenvalue weighted by atomic mass is 35.5. The van der Waals surface area contributed by atoms with Crippen LogP contribution >= 0.6 is 11.6 Å². The van der Waals surface area contributed by atoms with E-state index in [-0.39, 0.29) is 12.3 Å². The molecule has 0 bridgehead atoms. The molecule has 0 spiro atoms. The predicted molar refractivity (Wildman–Crippen MR) is 122 cm³/mol. The fourth-order valence-corrected chi connectivity index (χ4v) is 3.80. The molecule has 0 aliphatic rings. The first-order chi connectivity index (χ1) is 14.5. The lowest BCUT2D eigenvalue weighted by Gasteiger charge is -2.24. The van der Waals surface area contributed by atoms with Crippen LogP contribution in [0.25, 0.3) is 10.9 Å². The van der Waals surface area contributed by atoms with Gasteiger partial charge in [-0.15, -0.1) is 0 Å². The van der Waals surface area contributed by atoms with Gasteiger partial charge in [0, 0.05) is 28.0 Å². The summed E-state index contributed by atoms with van der Waals surface area (Å²) in [5.41, 5.74) is 5.52. The molecule has 0 saturated heterocycles. The second-order valence-electron chi connectivity index (χ2n) is 7.27. The molecule has 2 heterocycles. The lowest BCUT2D eigenvalue weighted by molar-refractivity contribution is -0.118. The summed E-state index contributed by atoms with van der Waals surface area (Å²) in [4.78, 5) is 24.3. The van der Waals surface area contributed by atoms with E-state index in [1.807, 2.05) is 55.5 Å². The first-order valence-electron chi connectivity index (χ1n) is 9.83. The maximum absolute atomic E-state index is 13.5. The average Bonchev–Trinajstić information content (AvgIpc) is 2.76. The maximum atomic E-state index is 13.5. The van der Waals surface area contributed by atoms with Crippen molar-refractivity contribution in [1.29, 1.82) is 0 Å². The molecule has 4 nitrogen and oxygen atoms in total. The summed E-state index contributed by atoms with van der Waals surface area (Å²) < 4.78 is 0. The minimum Gasteiger partial charge on any atom is -0.306 e. The van der Waals surface area contributed by atoms with Gasteiger partial charge in [-0.05, 0) is 67.4 Å². The van der Waals surface area contributed by atoms with Gasteiger partial charge in [0.1, 0.15) is 0 Å². The predicted octanol–water partition coefficient (Wildman–Crippen LogP) is 5.68. The fourth-order valence-electron chi connectivity index (χ4n) is 3.68. The highest BCUT2D eigenvalue weighted by Gasteiger charge is 2.20. The molecule has 0 saturated carbocycles. The van der Waals surface area contributed by atoms with E-state index in [9.17, 15) is 4.79 Å². The van der Waals surface area contributed by atoms with E-state index in [1.165, 1.54) is 0 Å². The zero-order valence-corrected chi connectivity index (χ0v) is 17.7. The number of carbonyl (C=O) groups excluding carboxylic acids is 1. The third kappa shape index (κ3) is 4.19. The van der Waals surface area contributed by atoms with Gasteiger partial charge < -0.3 is 4.90 Å². The van der Waals surface area contributed by atoms with Gasteiger partial charge in [-0.1, -0.05) is 35.9 Å². The zero-order chi connectivity index (χ0) is 21.1. The van der Waals surface area contributed by atoms with Gasteiger partial charge >= 0.3 is 0 Å². The van der Waals surface area contributed by atoms with E-state index >= 15 is 0 Å². The molecule has 0 unspecified atom stereocenters. The van der Waals surface area contributed by atoms with Gasteiger partial charge in [0.25, 0.3) is 0 Å². The van der Waals surface area contributed by atoms with Crippen molar-refractivity contribution in [3.8, 4) is 0 Å². The van der Waals surface area contributed by atoms with Gasteiger partial charge in [-0.3, -0.25) is 14.8 Å². The Labute approximate surface area is 181 Å². The van der Waals surface area contributed by atoms with E-state index in [0.717, 1.165) is 39.1 Å². The van der Waals surface area contributed by atoms with Crippen molar-refractivity contribution in [3.63, 3.8) is 0 Å². The van der Waals surface area contributed by atoms with Crippen molar-refractivity contribution in [2.45, 2.75) is 26.8 Å². The van der Waals surface area contributed by atoms with E-state index < -0.39 is 0 Å². The Balaban J connectivity index is 1.70. The molecule has 0 atom stereocenters. The molecule has 2 aromatic heterocycles. The SMILES string of the molecule is Cc1nc2ccccc2c(C)c1CC(=O)N(Cc1ccccn1)c1ccc(Cl)cc1. The number of carbonyl (C=O) groups is 1. The highest BCUT2D eigenvalue weighted by Crippen LogP contribution is 2.25. The van der Waals surface area contributed by atoms with E-state index in [4.69, 9.17) is 16.6 Å². The Kier molecular flexibility index (Phi) is 5.77. The summed E-state index contributed by atoms with van der Waals surface area (Å²) in [5.74, 6) is -0.00810. The number of aryl methyl sites for hydroxylation is 2. The topological polar surface area (TPSA) is 46.1 Å². The quantitative estimate of drug-likeness (QED) is 0.421. The summed E-state index contributed by atoms with van der Waals surface area (Å²) >= 11 is 6.06. The van der Waals surface area contributed by atoms with Crippen molar-refractivity contribution >= 4 is 34.1 Å². The van der Waals surface area contributed by atoms with Crippen molar-refractivity contribution in [3.05, 3.63) is 100 Å². The molecule has 0 fully saturated rings. The zero-order valence-electron chi connectivity index (χ0n) is 17.0. The van der Waals surface area contributed by atoms with Gasteiger partial charge in [-0.25, -0.2) is 0 Å². The number of amides is 1. The molecule has 4 aromatic rings. The standard InChI is InChI=1S/C25H22ClN3O/c1-17-22-8-3-4-9-24(22)28-18(2)23(17)15-25(30)29(16-20-7-5-6-14-27-20)21-12-10-19(26)11-13-21/h3-14H,15-16H2,1-2H3. The summed E-state index contributed by atoms with van der Waals surface area (Å²) in [6.45, 7) is 4.42. The van der Waals surface area contributed by atoms with Gasteiger partial charge in [0.2, 0.25) is 5.91 Å². The lowest BCUT2D eigenvalue weighted by atomic mass is 9.99. The summed E-state index contributed by atoms with van der Waals surface area (Å²) in [6.07, 6.45) is 2.01. The molecule has 150 valence electrons. The Morgan fingerprint density at radius 3 is 2.43 bits per heavy atom. The second-order valence-corrected chi connectivity index (χ2v) is 7.71. The number of fused-ring (bicyclic) bond motifs is 1. The first-order valence-corrected chi connectivity index (χ1v) is 10.2.